The maximum absolute atomic E-state index is 13.0. The summed E-state index contributed by atoms with van der Waals surface area (Å²) in [5.74, 6) is 0. The number of rotatable bonds is 3. The molecule has 2 saturated heterocycles. The minimum absolute atomic E-state index is 0.227. The summed E-state index contributed by atoms with van der Waals surface area (Å²) in [5.41, 5.74) is 0.381. The van der Waals surface area contributed by atoms with Crippen molar-refractivity contribution in [1.82, 2.24) is 9.21 Å². The maximum atomic E-state index is 13.0. The third-order valence-corrected chi connectivity index (χ3v) is 7.26. The van der Waals surface area contributed by atoms with Crippen LogP contribution in [0.15, 0.2) is 29.2 Å². The summed E-state index contributed by atoms with van der Waals surface area (Å²) in [6.45, 7) is 5.60. The summed E-state index contributed by atoms with van der Waals surface area (Å²) in [7, 11) is -3.54. The highest BCUT2D eigenvalue weighted by Crippen LogP contribution is 2.31. The van der Waals surface area contributed by atoms with Crippen molar-refractivity contribution in [3.63, 3.8) is 0 Å². The average Bonchev–Trinajstić information content (AvgIpc) is 2.93. The van der Waals surface area contributed by atoms with Gasteiger partial charge >= 0.3 is 0 Å². The Morgan fingerprint density at radius 1 is 1.17 bits per heavy atom. The van der Waals surface area contributed by atoms with Crippen LogP contribution >= 0.6 is 0 Å². The summed E-state index contributed by atoms with van der Waals surface area (Å²) in [5, 5.41) is 9.02. The lowest BCUT2D eigenvalue weighted by Crippen LogP contribution is -2.52. The molecule has 0 saturated carbocycles. The van der Waals surface area contributed by atoms with E-state index in [-0.39, 0.29) is 4.90 Å². The summed E-state index contributed by atoms with van der Waals surface area (Å²) in [6.07, 6.45) is 4.32. The standard InChI is InChI=1S/C18H25N3O2S/c1-14-8-9-15(2)21(14)17-6-4-10-20(13-17)24(22,23)18-7-3-5-16(11-18)12-19/h3,5,7,11,14-15,17H,4,6,8-10,13H2,1-2H3/t14-,15+,17-/m1/s1. The molecule has 0 N–H and O–H groups in total. The van der Waals surface area contributed by atoms with Crippen molar-refractivity contribution in [3.05, 3.63) is 29.8 Å². The molecule has 2 fully saturated rings. The topological polar surface area (TPSA) is 64.4 Å². The van der Waals surface area contributed by atoms with Gasteiger partial charge in [-0.05, 0) is 57.7 Å². The van der Waals surface area contributed by atoms with Crippen LogP contribution in [0.5, 0.6) is 0 Å². The van der Waals surface area contributed by atoms with Crippen molar-refractivity contribution >= 4 is 10.0 Å². The van der Waals surface area contributed by atoms with Gasteiger partial charge in [-0.15, -0.1) is 0 Å². The lowest BCUT2D eigenvalue weighted by molar-refractivity contribution is 0.0979. The Kier molecular flexibility index (Phi) is 4.95. The molecule has 0 spiro atoms. The average molecular weight is 347 g/mol. The monoisotopic (exact) mass is 347 g/mol. The van der Waals surface area contributed by atoms with E-state index in [9.17, 15) is 8.42 Å². The first-order valence-corrected chi connectivity index (χ1v) is 10.1. The molecule has 0 unspecified atom stereocenters. The van der Waals surface area contributed by atoms with Gasteiger partial charge in [0.1, 0.15) is 0 Å². The van der Waals surface area contributed by atoms with Crippen LogP contribution in [-0.4, -0.2) is 48.8 Å². The molecule has 2 aliphatic heterocycles. The molecule has 2 heterocycles. The van der Waals surface area contributed by atoms with Gasteiger partial charge < -0.3 is 0 Å². The first-order valence-electron chi connectivity index (χ1n) is 8.71. The zero-order chi connectivity index (χ0) is 17.3. The van der Waals surface area contributed by atoms with Gasteiger partial charge in [-0.25, -0.2) is 8.42 Å². The van der Waals surface area contributed by atoms with E-state index in [0.29, 0.717) is 36.8 Å². The lowest BCUT2D eigenvalue weighted by Gasteiger charge is -2.41. The Labute approximate surface area is 144 Å². The van der Waals surface area contributed by atoms with Crippen LogP contribution in [-0.2, 0) is 10.0 Å². The number of nitriles is 1. The fourth-order valence-electron chi connectivity index (χ4n) is 4.19. The van der Waals surface area contributed by atoms with Crippen LogP contribution in [0.1, 0.15) is 45.1 Å². The predicted molar refractivity (Wildman–Crippen MR) is 92.9 cm³/mol. The number of nitrogens with zero attached hydrogens (tertiary/aromatic N) is 3. The van der Waals surface area contributed by atoms with E-state index in [0.717, 1.165) is 12.8 Å². The molecule has 24 heavy (non-hydrogen) atoms. The van der Waals surface area contributed by atoms with Crippen molar-refractivity contribution in [2.75, 3.05) is 13.1 Å². The molecule has 0 radical (unpaired) electrons. The molecule has 6 heteroatoms. The minimum atomic E-state index is -3.54. The van der Waals surface area contributed by atoms with Crippen molar-refractivity contribution in [2.24, 2.45) is 0 Å². The van der Waals surface area contributed by atoms with Crippen molar-refractivity contribution in [2.45, 2.75) is 62.6 Å². The first-order chi connectivity index (χ1) is 11.4. The number of likely N-dealkylation sites (tertiary alicyclic amines) is 1. The number of hydrogen-bond donors (Lipinski definition) is 0. The molecule has 130 valence electrons. The fraction of sp³-hybridized carbons (Fsp3) is 0.611. The van der Waals surface area contributed by atoms with E-state index in [2.05, 4.69) is 18.7 Å². The van der Waals surface area contributed by atoms with Gasteiger partial charge in [-0.3, -0.25) is 4.90 Å². The SMILES string of the molecule is C[C@@H]1CC[C@H](C)N1[C@@H]1CCCN(S(=O)(=O)c2cccc(C#N)c2)C1. The molecule has 3 rings (SSSR count). The molecule has 3 atom stereocenters. The van der Waals surface area contributed by atoms with Crippen molar-refractivity contribution < 1.29 is 8.42 Å². The van der Waals surface area contributed by atoms with E-state index in [1.54, 1.807) is 22.5 Å². The Balaban J connectivity index is 1.82. The molecule has 0 bridgehead atoms. The van der Waals surface area contributed by atoms with Crippen LogP contribution < -0.4 is 0 Å². The highest BCUT2D eigenvalue weighted by atomic mass is 32.2. The minimum Gasteiger partial charge on any atom is -0.294 e. The largest absolute Gasteiger partial charge is 0.294 e. The molecule has 0 aromatic heterocycles. The smallest absolute Gasteiger partial charge is 0.243 e. The quantitative estimate of drug-likeness (QED) is 0.843. The third kappa shape index (κ3) is 3.21. The number of benzene rings is 1. The van der Waals surface area contributed by atoms with Crippen LogP contribution in [0, 0.1) is 11.3 Å². The van der Waals surface area contributed by atoms with E-state index >= 15 is 0 Å². The zero-order valence-electron chi connectivity index (χ0n) is 14.4. The second-order valence-corrected chi connectivity index (χ2v) is 8.96. The number of sulfonamides is 1. The summed E-state index contributed by atoms with van der Waals surface area (Å²) in [6, 6.07) is 9.68. The predicted octanol–water partition coefficient (Wildman–Crippen LogP) is 2.58. The normalized spacial score (nSPS) is 29.5. The van der Waals surface area contributed by atoms with Crippen molar-refractivity contribution in [3.8, 4) is 6.07 Å². The number of piperidine rings is 1. The van der Waals surface area contributed by atoms with E-state index < -0.39 is 10.0 Å². The highest BCUT2D eigenvalue weighted by molar-refractivity contribution is 7.89. The molecule has 0 aliphatic carbocycles. The van der Waals surface area contributed by atoms with Gasteiger partial charge in [0, 0.05) is 31.2 Å². The molecule has 1 aromatic rings. The Morgan fingerprint density at radius 3 is 2.54 bits per heavy atom. The van der Waals surface area contributed by atoms with Gasteiger partial charge in [0.25, 0.3) is 0 Å². The third-order valence-electron chi connectivity index (χ3n) is 5.40. The zero-order valence-corrected chi connectivity index (χ0v) is 15.2. The summed E-state index contributed by atoms with van der Waals surface area (Å²) >= 11 is 0. The van der Waals surface area contributed by atoms with Crippen molar-refractivity contribution in [1.29, 1.82) is 5.26 Å². The van der Waals surface area contributed by atoms with E-state index in [4.69, 9.17) is 5.26 Å². The molecular formula is C18H25N3O2S. The van der Waals surface area contributed by atoms with Crippen LogP contribution in [0.3, 0.4) is 0 Å². The van der Waals surface area contributed by atoms with Gasteiger partial charge in [0.05, 0.1) is 16.5 Å². The van der Waals surface area contributed by atoms with Gasteiger partial charge in [-0.1, -0.05) is 6.07 Å². The van der Waals surface area contributed by atoms with Gasteiger partial charge in [0.15, 0.2) is 0 Å². The second-order valence-electron chi connectivity index (χ2n) is 7.02. The Morgan fingerprint density at radius 2 is 1.88 bits per heavy atom. The second kappa shape index (κ2) is 6.83. The van der Waals surface area contributed by atoms with Gasteiger partial charge in [-0.2, -0.15) is 9.57 Å². The number of hydrogen-bond acceptors (Lipinski definition) is 4. The Hall–Kier alpha value is -1.42. The molecule has 2 aliphatic rings. The van der Waals surface area contributed by atoms with Crippen LogP contribution in [0.2, 0.25) is 0 Å². The molecule has 0 amide bonds. The summed E-state index contributed by atoms with van der Waals surface area (Å²) < 4.78 is 27.6. The Bertz CT molecular complexity index is 731. The fourth-order valence-corrected chi connectivity index (χ4v) is 5.75. The first kappa shape index (κ1) is 17.4. The molecule has 1 aromatic carbocycles. The van der Waals surface area contributed by atoms with E-state index in [1.807, 2.05) is 6.07 Å². The van der Waals surface area contributed by atoms with E-state index in [1.165, 1.54) is 18.9 Å². The van der Waals surface area contributed by atoms with Gasteiger partial charge in [0.2, 0.25) is 10.0 Å². The maximum Gasteiger partial charge on any atom is 0.243 e. The summed E-state index contributed by atoms with van der Waals surface area (Å²) in [4.78, 5) is 2.73. The van der Waals surface area contributed by atoms with Crippen LogP contribution in [0.4, 0.5) is 0 Å². The molecule has 5 nitrogen and oxygen atoms in total. The molecular weight excluding hydrogens is 322 g/mol. The highest BCUT2D eigenvalue weighted by Gasteiger charge is 2.38. The lowest BCUT2D eigenvalue weighted by atomic mass is 10.0. The van der Waals surface area contributed by atoms with Crippen LogP contribution in [0.25, 0.3) is 0 Å².